The van der Waals surface area contributed by atoms with Crippen LogP contribution in [0.4, 0.5) is 4.39 Å². The van der Waals surface area contributed by atoms with Crippen molar-refractivity contribution < 1.29 is 22.7 Å². The SMILES string of the molecule is O=C([C@@H]1[C@@H](CO)[C@@H]2Cn3c(cccc3=O)[C@H]1N2S(=O)(=O)c1ccccc1F)N1CCCCC1. The van der Waals surface area contributed by atoms with Gasteiger partial charge in [0.05, 0.1) is 12.0 Å². The van der Waals surface area contributed by atoms with Crippen molar-refractivity contribution in [3.63, 3.8) is 0 Å². The molecule has 176 valence electrons. The van der Waals surface area contributed by atoms with Crippen molar-refractivity contribution in [1.82, 2.24) is 13.8 Å². The number of hydrogen-bond donors (Lipinski definition) is 1. The lowest BCUT2D eigenvalue weighted by Gasteiger charge is -2.37. The van der Waals surface area contributed by atoms with E-state index in [9.17, 15) is 27.5 Å². The fourth-order valence-corrected chi connectivity index (χ4v) is 7.62. The van der Waals surface area contributed by atoms with Gasteiger partial charge in [-0.2, -0.15) is 4.31 Å². The quantitative estimate of drug-likeness (QED) is 0.720. The summed E-state index contributed by atoms with van der Waals surface area (Å²) >= 11 is 0. The standard InChI is InChI=1S/C23H26FN3O5S/c24-16-7-2-3-9-19(16)33(31,32)27-18-13-26-17(8-6-10-20(26)29)22(27)21(15(18)14-28)23(30)25-11-4-1-5-12-25/h2-3,6-10,15,18,21-22,28H,1,4-5,11-14H2/t15-,18-,21+,22+/m0/s1. The van der Waals surface area contributed by atoms with Crippen LogP contribution in [-0.2, 0) is 21.4 Å². The fraction of sp³-hybridized carbons (Fsp3) is 0.478. The molecule has 1 amide bonds. The summed E-state index contributed by atoms with van der Waals surface area (Å²) < 4.78 is 44.8. The van der Waals surface area contributed by atoms with Crippen LogP contribution in [-0.4, -0.2) is 58.9 Å². The van der Waals surface area contributed by atoms with Crippen molar-refractivity contribution in [3.8, 4) is 0 Å². The van der Waals surface area contributed by atoms with E-state index >= 15 is 0 Å². The number of likely N-dealkylation sites (tertiary alicyclic amines) is 1. The van der Waals surface area contributed by atoms with Crippen LogP contribution in [0.2, 0.25) is 0 Å². The fourth-order valence-electron chi connectivity index (χ4n) is 5.71. The summed E-state index contributed by atoms with van der Waals surface area (Å²) in [4.78, 5) is 27.6. The Morgan fingerprint density at radius 2 is 1.79 bits per heavy atom. The number of aromatic nitrogens is 1. The number of benzene rings is 1. The first-order valence-corrected chi connectivity index (χ1v) is 12.7. The molecule has 0 saturated carbocycles. The highest BCUT2D eigenvalue weighted by molar-refractivity contribution is 7.89. The molecule has 0 radical (unpaired) electrons. The van der Waals surface area contributed by atoms with Gasteiger partial charge in [-0.05, 0) is 37.5 Å². The Kier molecular flexibility index (Phi) is 5.62. The zero-order chi connectivity index (χ0) is 23.3. The van der Waals surface area contributed by atoms with E-state index in [2.05, 4.69) is 0 Å². The number of halogens is 1. The Hall–Kier alpha value is -2.56. The Balaban J connectivity index is 1.68. The predicted molar refractivity (Wildman–Crippen MR) is 117 cm³/mol. The maximum Gasteiger partial charge on any atom is 0.250 e. The molecule has 0 aliphatic carbocycles. The van der Waals surface area contributed by atoms with E-state index in [4.69, 9.17) is 0 Å². The third-order valence-corrected chi connectivity index (χ3v) is 9.15. The van der Waals surface area contributed by atoms with Crippen LogP contribution < -0.4 is 5.56 Å². The molecule has 0 spiro atoms. The first-order chi connectivity index (χ1) is 15.9. The maximum atomic E-state index is 14.6. The molecular formula is C23H26FN3O5S. The van der Waals surface area contributed by atoms with Crippen LogP contribution in [0.3, 0.4) is 0 Å². The molecule has 4 heterocycles. The van der Waals surface area contributed by atoms with Gasteiger partial charge in [-0.3, -0.25) is 9.59 Å². The first kappa shape index (κ1) is 22.2. The lowest BCUT2D eigenvalue weighted by Crippen LogP contribution is -2.49. The zero-order valence-corrected chi connectivity index (χ0v) is 18.8. The van der Waals surface area contributed by atoms with Gasteiger partial charge in [-0.25, -0.2) is 12.8 Å². The van der Waals surface area contributed by atoms with Gasteiger partial charge in [0.25, 0.3) is 5.56 Å². The monoisotopic (exact) mass is 475 g/mol. The zero-order valence-electron chi connectivity index (χ0n) is 18.0. The second-order valence-corrected chi connectivity index (χ2v) is 10.7. The van der Waals surface area contributed by atoms with Gasteiger partial charge in [-0.15, -0.1) is 0 Å². The summed E-state index contributed by atoms with van der Waals surface area (Å²) in [5.41, 5.74) is 0.0955. The summed E-state index contributed by atoms with van der Waals surface area (Å²) in [6, 6.07) is 7.85. The van der Waals surface area contributed by atoms with Gasteiger partial charge >= 0.3 is 0 Å². The van der Waals surface area contributed by atoms with Crippen LogP contribution in [0, 0.1) is 17.7 Å². The van der Waals surface area contributed by atoms with E-state index in [1.807, 2.05) is 0 Å². The van der Waals surface area contributed by atoms with Gasteiger partial charge in [0.15, 0.2) is 0 Å². The number of aliphatic hydroxyl groups is 1. The number of aliphatic hydroxyl groups excluding tert-OH is 1. The van der Waals surface area contributed by atoms with E-state index in [-0.39, 0.29) is 18.0 Å². The number of hydrogen-bond acceptors (Lipinski definition) is 5. The average Bonchev–Trinajstić information content (AvgIpc) is 3.07. The number of pyridine rings is 1. The number of carbonyl (C=O) groups excluding carboxylic acids is 1. The molecule has 3 aliphatic rings. The third kappa shape index (κ3) is 3.43. The largest absolute Gasteiger partial charge is 0.396 e. The molecular weight excluding hydrogens is 449 g/mol. The van der Waals surface area contributed by atoms with Crippen molar-refractivity contribution in [3.05, 3.63) is 64.3 Å². The van der Waals surface area contributed by atoms with Crippen molar-refractivity contribution in [2.45, 2.75) is 42.8 Å². The summed E-state index contributed by atoms with van der Waals surface area (Å²) in [6.07, 6.45) is 2.75. The van der Waals surface area contributed by atoms with Crippen LogP contribution in [0.5, 0.6) is 0 Å². The van der Waals surface area contributed by atoms with E-state index in [0.717, 1.165) is 25.3 Å². The van der Waals surface area contributed by atoms with Crippen molar-refractivity contribution in [2.75, 3.05) is 19.7 Å². The molecule has 2 saturated heterocycles. The Bertz CT molecular complexity index is 1240. The highest BCUT2D eigenvalue weighted by Crippen LogP contribution is 2.51. The summed E-state index contributed by atoms with van der Waals surface area (Å²) in [6.45, 7) is 0.727. The highest BCUT2D eigenvalue weighted by Gasteiger charge is 2.60. The van der Waals surface area contributed by atoms with E-state index < -0.39 is 51.3 Å². The Labute approximate surface area is 191 Å². The Morgan fingerprint density at radius 1 is 1.06 bits per heavy atom. The smallest absolute Gasteiger partial charge is 0.250 e. The predicted octanol–water partition coefficient (Wildman–Crippen LogP) is 1.35. The molecule has 33 heavy (non-hydrogen) atoms. The van der Waals surface area contributed by atoms with Crippen molar-refractivity contribution in [1.29, 1.82) is 0 Å². The summed E-state index contributed by atoms with van der Waals surface area (Å²) in [7, 11) is -4.36. The minimum absolute atomic E-state index is 0.00576. The van der Waals surface area contributed by atoms with Gasteiger partial charge in [0.1, 0.15) is 10.7 Å². The van der Waals surface area contributed by atoms with Gasteiger partial charge in [0.2, 0.25) is 15.9 Å². The van der Waals surface area contributed by atoms with Crippen LogP contribution in [0.1, 0.15) is 31.0 Å². The van der Waals surface area contributed by atoms with E-state index in [1.165, 1.54) is 39.2 Å². The molecule has 4 atom stereocenters. The Morgan fingerprint density at radius 3 is 2.48 bits per heavy atom. The molecule has 8 nitrogen and oxygen atoms in total. The molecule has 3 aliphatic heterocycles. The lowest BCUT2D eigenvalue weighted by molar-refractivity contribution is -0.139. The summed E-state index contributed by atoms with van der Waals surface area (Å²) in [5, 5.41) is 10.3. The van der Waals surface area contributed by atoms with Gasteiger partial charge < -0.3 is 14.6 Å². The second kappa shape index (κ2) is 8.34. The molecule has 1 aromatic carbocycles. The normalized spacial score (nSPS) is 27.4. The molecule has 1 aromatic heterocycles. The van der Waals surface area contributed by atoms with Crippen molar-refractivity contribution in [2.24, 2.45) is 11.8 Å². The van der Waals surface area contributed by atoms with Crippen LogP contribution in [0.15, 0.2) is 52.2 Å². The number of sulfonamides is 1. The van der Waals surface area contributed by atoms with Crippen LogP contribution in [0.25, 0.3) is 0 Å². The minimum Gasteiger partial charge on any atom is -0.396 e. The maximum absolute atomic E-state index is 14.6. The lowest BCUT2D eigenvalue weighted by atomic mass is 9.86. The van der Waals surface area contributed by atoms with E-state index in [1.54, 1.807) is 11.0 Å². The summed E-state index contributed by atoms with van der Waals surface area (Å²) in [5.74, 6) is -2.69. The van der Waals surface area contributed by atoms with Gasteiger partial charge in [0, 0.05) is 50.0 Å². The van der Waals surface area contributed by atoms with Crippen LogP contribution >= 0.6 is 0 Å². The molecule has 5 rings (SSSR count). The number of carbonyl (C=O) groups is 1. The number of fused-ring (bicyclic) bond motifs is 4. The van der Waals surface area contributed by atoms with Crippen molar-refractivity contribution >= 4 is 15.9 Å². The minimum atomic E-state index is -4.36. The number of rotatable bonds is 4. The third-order valence-electron chi connectivity index (χ3n) is 7.21. The topological polar surface area (TPSA) is 99.9 Å². The number of nitrogens with zero attached hydrogens (tertiary/aromatic N) is 3. The number of amides is 1. The molecule has 1 N–H and O–H groups in total. The van der Waals surface area contributed by atoms with E-state index in [0.29, 0.717) is 18.8 Å². The molecule has 10 heteroatoms. The second-order valence-electron chi connectivity index (χ2n) is 8.94. The molecule has 2 aromatic rings. The average molecular weight is 476 g/mol. The number of piperidine rings is 1. The van der Waals surface area contributed by atoms with Gasteiger partial charge in [-0.1, -0.05) is 18.2 Å². The molecule has 0 unspecified atom stereocenters. The first-order valence-electron chi connectivity index (χ1n) is 11.2. The molecule has 2 fully saturated rings. The highest BCUT2D eigenvalue weighted by atomic mass is 32.2. The molecule has 2 bridgehead atoms.